The second-order valence-corrected chi connectivity index (χ2v) is 6.80. The molecule has 0 atom stereocenters. The maximum atomic E-state index is 9.54. The summed E-state index contributed by atoms with van der Waals surface area (Å²) < 4.78 is 1.92. The van der Waals surface area contributed by atoms with E-state index in [0.29, 0.717) is 28.2 Å². The van der Waals surface area contributed by atoms with Gasteiger partial charge in [-0.3, -0.25) is 4.40 Å². The first kappa shape index (κ1) is 15.9. The van der Waals surface area contributed by atoms with Crippen LogP contribution in [-0.2, 0) is 0 Å². The van der Waals surface area contributed by atoms with Gasteiger partial charge in [-0.05, 0) is 25.2 Å². The molecule has 0 saturated carbocycles. The highest BCUT2D eigenvalue weighted by Gasteiger charge is 2.17. The van der Waals surface area contributed by atoms with Crippen molar-refractivity contribution in [1.29, 1.82) is 5.26 Å². The smallest absolute Gasteiger partial charge is 0.167 e. The van der Waals surface area contributed by atoms with Crippen molar-refractivity contribution in [3.05, 3.63) is 42.1 Å². The quantitative estimate of drug-likeness (QED) is 0.585. The van der Waals surface area contributed by atoms with Crippen LogP contribution in [0, 0.1) is 11.3 Å². The molecule has 1 N–H and O–H groups in total. The standard InChI is InChI=1S/C19H18N8/c1-25-6-8-26(9-7-25)24-17-12-21-15-10-13(11-20)18-22-14-4-2-3-5-16(14)27(18)19(15)23-17/h2-5,10,12H,6-9H2,1H3,(H,23,24). The second kappa shape index (κ2) is 6.16. The van der Waals surface area contributed by atoms with E-state index in [-0.39, 0.29) is 0 Å². The first-order chi connectivity index (χ1) is 13.2. The number of nitrogens with zero attached hydrogens (tertiary/aromatic N) is 7. The van der Waals surface area contributed by atoms with Crippen LogP contribution in [0.15, 0.2) is 36.5 Å². The number of likely N-dealkylation sites (N-methyl/N-ethyl adjacent to an activating group) is 1. The SMILES string of the molecule is CN1CCN(Nc2cnc3cc(C#N)c4nc5ccccc5n4c3n2)CC1. The van der Waals surface area contributed by atoms with Gasteiger partial charge in [0.2, 0.25) is 0 Å². The molecule has 134 valence electrons. The van der Waals surface area contributed by atoms with Crippen LogP contribution in [0.4, 0.5) is 5.82 Å². The van der Waals surface area contributed by atoms with Gasteiger partial charge in [0.15, 0.2) is 17.1 Å². The zero-order valence-corrected chi connectivity index (χ0v) is 14.9. The highest BCUT2D eigenvalue weighted by atomic mass is 15.5. The van der Waals surface area contributed by atoms with E-state index in [0.717, 1.165) is 37.2 Å². The Morgan fingerprint density at radius 3 is 2.67 bits per heavy atom. The van der Waals surface area contributed by atoms with E-state index in [2.05, 4.69) is 38.4 Å². The summed E-state index contributed by atoms with van der Waals surface area (Å²) >= 11 is 0. The Balaban J connectivity index is 1.67. The Kier molecular flexibility index (Phi) is 3.63. The summed E-state index contributed by atoms with van der Waals surface area (Å²) in [6.07, 6.45) is 1.72. The molecule has 1 fully saturated rings. The molecule has 8 nitrogen and oxygen atoms in total. The molecule has 0 bridgehead atoms. The monoisotopic (exact) mass is 358 g/mol. The Morgan fingerprint density at radius 2 is 1.85 bits per heavy atom. The molecule has 0 aliphatic carbocycles. The third-order valence-corrected chi connectivity index (χ3v) is 4.97. The average Bonchev–Trinajstić information content (AvgIpc) is 3.09. The fourth-order valence-electron chi connectivity index (χ4n) is 3.49. The number of fused-ring (bicyclic) bond motifs is 5. The van der Waals surface area contributed by atoms with Crippen LogP contribution in [0.2, 0.25) is 0 Å². The van der Waals surface area contributed by atoms with Gasteiger partial charge in [-0.15, -0.1) is 0 Å². The maximum Gasteiger partial charge on any atom is 0.167 e. The first-order valence-electron chi connectivity index (χ1n) is 8.90. The normalized spacial score (nSPS) is 16.1. The van der Waals surface area contributed by atoms with E-state index >= 15 is 0 Å². The van der Waals surface area contributed by atoms with Crippen molar-refractivity contribution in [2.75, 3.05) is 38.7 Å². The molecule has 27 heavy (non-hydrogen) atoms. The van der Waals surface area contributed by atoms with Crippen molar-refractivity contribution in [1.82, 2.24) is 29.3 Å². The third-order valence-electron chi connectivity index (χ3n) is 4.97. The van der Waals surface area contributed by atoms with Crippen LogP contribution in [0.5, 0.6) is 0 Å². The zero-order valence-electron chi connectivity index (χ0n) is 14.9. The number of anilines is 1. The summed E-state index contributed by atoms with van der Waals surface area (Å²) in [6.45, 7) is 3.87. The molecule has 5 rings (SSSR count). The van der Waals surface area contributed by atoms with Crippen molar-refractivity contribution in [3.63, 3.8) is 0 Å². The van der Waals surface area contributed by atoms with Gasteiger partial charge >= 0.3 is 0 Å². The Bertz CT molecular complexity index is 1200. The fourth-order valence-corrected chi connectivity index (χ4v) is 3.49. The average molecular weight is 358 g/mol. The number of hydrogen-bond donors (Lipinski definition) is 1. The second-order valence-electron chi connectivity index (χ2n) is 6.80. The van der Waals surface area contributed by atoms with E-state index in [1.807, 2.05) is 28.7 Å². The molecule has 0 spiro atoms. The number of rotatable bonds is 2. The molecular weight excluding hydrogens is 340 g/mol. The van der Waals surface area contributed by atoms with Crippen LogP contribution in [0.25, 0.3) is 27.8 Å². The number of imidazole rings is 1. The van der Waals surface area contributed by atoms with Crippen molar-refractivity contribution in [2.45, 2.75) is 0 Å². The number of para-hydroxylation sites is 2. The minimum atomic E-state index is 0.493. The summed E-state index contributed by atoms with van der Waals surface area (Å²) in [4.78, 5) is 16.3. The van der Waals surface area contributed by atoms with Gasteiger partial charge in [0.05, 0.1) is 22.8 Å². The van der Waals surface area contributed by atoms with Crippen LogP contribution in [0.3, 0.4) is 0 Å². The van der Waals surface area contributed by atoms with Crippen LogP contribution in [0.1, 0.15) is 5.56 Å². The van der Waals surface area contributed by atoms with Gasteiger partial charge in [-0.1, -0.05) is 12.1 Å². The number of pyridine rings is 1. The summed E-state index contributed by atoms with van der Waals surface area (Å²) in [7, 11) is 2.13. The molecule has 0 amide bonds. The van der Waals surface area contributed by atoms with Gasteiger partial charge in [-0.25, -0.2) is 20.0 Å². The lowest BCUT2D eigenvalue weighted by atomic mass is 10.2. The molecule has 4 heterocycles. The molecule has 1 aliphatic rings. The predicted molar refractivity (Wildman–Crippen MR) is 103 cm³/mol. The molecule has 0 unspecified atom stereocenters. The lowest BCUT2D eigenvalue weighted by Gasteiger charge is -2.32. The molecule has 1 saturated heterocycles. The van der Waals surface area contributed by atoms with Crippen molar-refractivity contribution in [2.24, 2.45) is 0 Å². The van der Waals surface area contributed by atoms with Gasteiger partial charge < -0.3 is 10.3 Å². The van der Waals surface area contributed by atoms with E-state index in [9.17, 15) is 5.26 Å². The molecule has 8 heteroatoms. The van der Waals surface area contributed by atoms with Gasteiger partial charge in [-0.2, -0.15) is 5.26 Å². The summed E-state index contributed by atoms with van der Waals surface area (Å²) in [5, 5.41) is 11.7. The number of nitriles is 1. The number of aromatic nitrogens is 4. The van der Waals surface area contributed by atoms with Crippen molar-refractivity contribution in [3.8, 4) is 6.07 Å². The number of piperazine rings is 1. The van der Waals surface area contributed by atoms with Crippen molar-refractivity contribution >= 4 is 33.7 Å². The lowest BCUT2D eigenvalue weighted by Crippen LogP contribution is -2.47. The summed E-state index contributed by atoms with van der Waals surface area (Å²) in [5.74, 6) is 0.691. The van der Waals surface area contributed by atoms with E-state index in [1.165, 1.54) is 0 Å². The summed E-state index contributed by atoms with van der Waals surface area (Å²) in [5.41, 5.74) is 7.58. The molecular formula is C19H18N8. The zero-order chi connectivity index (χ0) is 18.4. The Labute approximate surface area is 155 Å². The predicted octanol–water partition coefficient (Wildman–Crippen LogP) is 1.88. The molecule has 1 aromatic carbocycles. The largest absolute Gasteiger partial charge is 0.304 e. The van der Waals surface area contributed by atoms with Gasteiger partial charge in [0.1, 0.15) is 11.6 Å². The van der Waals surface area contributed by atoms with E-state index < -0.39 is 0 Å². The minimum Gasteiger partial charge on any atom is -0.304 e. The molecule has 1 aliphatic heterocycles. The number of hydrazine groups is 1. The molecule has 0 radical (unpaired) electrons. The maximum absolute atomic E-state index is 9.54. The van der Waals surface area contributed by atoms with Crippen LogP contribution in [-0.4, -0.2) is 62.5 Å². The first-order valence-corrected chi connectivity index (χ1v) is 8.90. The van der Waals surface area contributed by atoms with Crippen LogP contribution >= 0.6 is 0 Å². The molecule has 3 aromatic heterocycles. The molecule has 4 aromatic rings. The van der Waals surface area contributed by atoms with Gasteiger partial charge in [0, 0.05) is 26.2 Å². The number of benzene rings is 1. The highest BCUT2D eigenvalue weighted by Crippen LogP contribution is 2.24. The minimum absolute atomic E-state index is 0.493. The Hall–Kier alpha value is -3.28. The fraction of sp³-hybridized carbons (Fsp3) is 0.263. The van der Waals surface area contributed by atoms with Crippen LogP contribution < -0.4 is 5.43 Å². The Morgan fingerprint density at radius 1 is 1.04 bits per heavy atom. The summed E-state index contributed by atoms with van der Waals surface area (Å²) in [6, 6.07) is 11.8. The lowest BCUT2D eigenvalue weighted by molar-refractivity contribution is 0.178. The van der Waals surface area contributed by atoms with E-state index in [1.54, 1.807) is 12.3 Å². The third kappa shape index (κ3) is 2.65. The van der Waals surface area contributed by atoms with Crippen molar-refractivity contribution < 1.29 is 0 Å². The number of hydrogen-bond acceptors (Lipinski definition) is 7. The number of nitrogens with one attached hydrogen (secondary N) is 1. The topological polar surface area (TPSA) is 85.4 Å². The highest BCUT2D eigenvalue weighted by molar-refractivity contribution is 5.90. The van der Waals surface area contributed by atoms with Gasteiger partial charge in [0.25, 0.3) is 0 Å². The van der Waals surface area contributed by atoms with E-state index in [4.69, 9.17) is 4.98 Å².